The van der Waals surface area contributed by atoms with Crippen LogP contribution in [0, 0.1) is 0 Å². The van der Waals surface area contributed by atoms with Gasteiger partial charge in [-0.2, -0.15) is 0 Å². The molecular weight excluding hydrogens is 146 g/mol. The Kier molecular flexibility index (Phi) is 3.55. The zero-order valence-corrected chi connectivity index (χ0v) is 7.46. The van der Waals surface area contributed by atoms with Crippen LogP contribution in [0.1, 0.15) is 18.1 Å². The van der Waals surface area contributed by atoms with Crippen molar-refractivity contribution in [1.29, 1.82) is 0 Å². The van der Waals surface area contributed by atoms with Crippen LogP contribution in [-0.4, -0.2) is 6.54 Å². The smallest absolute Gasteiger partial charge is 0.0110 e. The Labute approximate surface area is 73.9 Å². The molecule has 0 aliphatic heterocycles. The summed E-state index contributed by atoms with van der Waals surface area (Å²) in [4.78, 5) is 0. The molecule has 0 bridgehead atoms. The fourth-order valence-corrected chi connectivity index (χ4v) is 1.12. The van der Waals surface area contributed by atoms with Crippen LogP contribution >= 0.6 is 0 Å². The van der Waals surface area contributed by atoms with Crippen LogP contribution in [0.3, 0.4) is 0 Å². The highest BCUT2D eigenvalue weighted by Gasteiger charge is 1.88. The molecular formula is C11H15N. The average Bonchev–Trinajstić information content (AvgIpc) is 2.15. The topological polar surface area (TPSA) is 26.0 Å². The third-order valence-electron chi connectivity index (χ3n) is 1.81. The zero-order chi connectivity index (χ0) is 8.81. The van der Waals surface area contributed by atoms with Crippen molar-refractivity contribution in [2.75, 3.05) is 6.54 Å². The van der Waals surface area contributed by atoms with Crippen LogP contribution in [0.25, 0.3) is 6.08 Å². The van der Waals surface area contributed by atoms with Gasteiger partial charge in [-0.15, -0.1) is 0 Å². The minimum atomic E-state index is 0.607. The first-order chi connectivity index (χ1) is 5.86. The third-order valence-corrected chi connectivity index (χ3v) is 1.81. The van der Waals surface area contributed by atoms with Crippen molar-refractivity contribution in [2.45, 2.75) is 13.3 Å². The SMILES string of the molecule is CCc1cccc(C=CCN)c1. The highest BCUT2D eigenvalue weighted by Crippen LogP contribution is 2.06. The van der Waals surface area contributed by atoms with Gasteiger partial charge in [0.05, 0.1) is 0 Å². The largest absolute Gasteiger partial charge is 0.327 e. The van der Waals surface area contributed by atoms with Crippen LogP contribution in [0.15, 0.2) is 30.3 Å². The lowest BCUT2D eigenvalue weighted by Gasteiger charge is -1.97. The minimum absolute atomic E-state index is 0.607. The van der Waals surface area contributed by atoms with Crippen LogP contribution in [0.5, 0.6) is 0 Å². The van der Waals surface area contributed by atoms with E-state index in [-0.39, 0.29) is 0 Å². The number of rotatable bonds is 3. The summed E-state index contributed by atoms with van der Waals surface area (Å²) in [7, 11) is 0. The van der Waals surface area contributed by atoms with Gasteiger partial charge < -0.3 is 5.73 Å². The first-order valence-electron chi connectivity index (χ1n) is 4.32. The Hall–Kier alpha value is -1.08. The van der Waals surface area contributed by atoms with Gasteiger partial charge in [-0.05, 0) is 17.5 Å². The van der Waals surface area contributed by atoms with Crippen molar-refractivity contribution >= 4 is 6.08 Å². The number of nitrogens with two attached hydrogens (primary N) is 1. The molecule has 0 amide bonds. The van der Waals surface area contributed by atoms with Gasteiger partial charge in [0.15, 0.2) is 0 Å². The Morgan fingerprint density at radius 1 is 1.42 bits per heavy atom. The van der Waals surface area contributed by atoms with Gasteiger partial charge in [-0.3, -0.25) is 0 Å². The highest BCUT2D eigenvalue weighted by atomic mass is 14.5. The third kappa shape index (κ3) is 2.51. The number of aryl methyl sites for hydroxylation is 1. The summed E-state index contributed by atoms with van der Waals surface area (Å²) in [5, 5.41) is 0. The number of hydrogen-bond acceptors (Lipinski definition) is 1. The molecule has 0 atom stereocenters. The van der Waals surface area contributed by atoms with Crippen molar-refractivity contribution in [3.8, 4) is 0 Å². The molecule has 0 spiro atoms. The summed E-state index contributed by atoms with van der Waals surface area (Å²) >= 11 is 0. The van der Waals surface area contributed by atoms with E-state index in [1.54, 1.807) is 0 Å². The number of benzene rings is 1. The maximum atomic E-state index is 5.36. The van der Waals surface area contributed by atoms with Gasteiger partial charge in [0.2, 0.25) is 0 Å². The molecule has 0 fully saturated rings. The number of hydrogen-bond donors (Lipinski definition) is 1. The molecule has 0 aliphatic rings. The normalized spacial score (nSPS) is 10.8. The molecule has 2 N–H and O–H groups in total. The van der Waals surface area contributed by atoms with Crippen molar-refractivity contribution in [2.24, 2.45) is 5.73 Å². The molecule has 0 unspecified atom stereocenters. The molecule has 1 heteroatoms. The Bertz CT molecular complexity index is 263. The second-order valence-corrected chi connectivity index (χ2v) is 2.74. The highest BCUT2D eigenvalue weighted by molar-refractivity contribution is 5.50. The lowest BCUT2D eigenvalue weighted by Crippen LogP contribution is -1.92. The summed E-state index contributed by atoms with van der Waals surface area (Å²) in [5.41, 5.74) is 7.97. The fraction of sp³-hybridized carbons (Fsp3) is 0.273. The molecule has 64 valence electrons. The molecule has 0 aliphatic carbocycles. The van der Waals surface area contributed by atoms with E-state index >= 15 is 0 Å². The van der Waals surface area contributed by atoms with E-state index in [1.807, 2.05) is 6.08 Å². The van der Waals surface area contributed by atoms with Gasteiger partial charge in [-0.1, -0.05) is 43.3 Å². The van der Waals surface area contributed by atoms with Gasteiger partial charge in [0, 0.05) is 6.54 Å². The van der Waals surface area contributed by atoms with Crippen molar-refractivity contribution in [3.05, 3.63) is 41.5 Å². The predicted molar refractivity (Wildman–Crippen MR) is 53.9 cm³/mol. The van der Waals surface area contributed by atoms with Crippen LogP contribution in [0.4, 0.5) is 0 Å². The summed E-state index contributed by atoms with van der Waals surface area (Å²) in [6.07, 6.45) is 5.11. The van der Waals surface area contributed by atoms with Gasteiger partial charge in [0.1, 0.15) is 0 Å². The summed E-state index contributed by atoms with van der Waals surface area (Å²) < 4.78 is 0. The van der Waals surface area contributed by atoms with E-state index in [4.69, 9.17) is 5.73 Å². The maximum Gasteiger partial charge on any atom is 0.0110 e. The first kappa shape index (κ1) is 9.01. The molecule has 1 nitrogen and oxygen atoms in total. The Morgan fingerprint density at radius 3 is 2.92 bits per heavy atom. The maximum absolute atomic E-state index is 5.36. The van der Waals surface area contributed by atoms with Gasteiger partial charge in [0.25, 0.3) is 0 Å². The first-order valence-corrected chi connectivity index (χ1v) is 4.32. The van der Waals surface area contributed by atoms with E-state index in [1.165, 1.54) is 11.1 Å². The zero-order valence-electron chi connectivity index (χ0n) is 7.46. The molecule has 0 saturated heterocycles. The molecule has 0 radical (unpaired) electrons. The lowest BCUT2D eigenvalue weighted by atomic mass is 10.1. The van der Waals surface area contributed by atoms with E-state index in [0.29, 0.717) is 6.54 Å². The standard InChI is InChI=1S/C11H15N/c1-2-10-5-3-6-11(9-10)7-4-8-12/h3-7,9H,2,8,12H2,1H3. The molecule has 1 aromatic carbocycles. The van der Waals surface area contributed by atoms with Crippen LogP contribution in [-0.2, 0) is 6.42 Å². The fourth-order valence-electron chi connectivity index (χ4n) is 1.12. The van der Waals surface area contributed by atoms with E-state index in [0.717, 1.165) is 6.42 Å². The van der Waals surface area contributed by atoms with Gasteiger partial charge >= 0.3 is 0 Å². The van der Waals surface area contributed by atoms with Crippen molar-refractivity contribution in [1.82, 2.24) is 0 Å². The second kappa shape index (κ2) is 4.73. The van der Waals surface area contributed by atoms with Crippen molar-refractivity contribution in [3.63, 3.8) is 0 Å². The minimum Gasteiger partial charge on any atom is -0.327 e. The summed E-state index contributed by atoms with van der Waals surface area (Å²) in [6.45, 7) is 2.77. The van der Waals surface area contributed by atoms with Crippen LogP contribution < -0.4 is 5.73 Å². The summed E-state index contributed by atoms with van der Waals surface area (Å²) in [5.74, 6) is 0. The van der Waals surface area contributed by atoms with E-state index in [2.05, 4.69) is 37.3 Å². The Balaban J connectivity index is 2.79. The summed E-state index contributed by atoms with van der Waals surface area (Å²) in [6, 6.07) is 8.49. The van der Waals surface area contributed by atoms with Gasteiger partial charge in [-0.25, -0.2) is 0 Å². The Morgan fingerprint density at radius 2 is 2.25 bits per heavy atom. The molecule has 1 aromatic rings. The van der Waals surface area contributed by atoms with E-state index in [9.17, 15) is 0 Å². The quantitative estimate of drug-likeness (QED) is 0.722. The second-order valence-electron chi connectivity index (χ2n) is 2.74. The molecule has 0 aromatic heterocycles. The molecule has 12 heavy (non-hydrogen) atoms. The van der Waals surface area contributed by atoms with Crippen molar-refractivity contribution < 1.29 is 0 Å². The monoisotopic (exact) mass is 161 g/mol. The molecule has 1 rings (SSSR count). The molecule has 0 heterocycles. The average molecular weight is 161 g/mol. The molecule has 0 saturated carbocycles. The predicted octanol–water partition coefficient (Wildman–Crippen LogP) is 2.22. The van der Waals surface area contributed by atoms with Crippen LogP contribution in [0.2, 0.25) is 0 Å². The van der Waals surface area contributed by atoms with E-state index < -0.39 is 0 Å². The lowest BCUT2D eigenvalue weighted by molar-refractivity contribution is 1.14.